The molecule has 4 aromatic rings. The molecule has 1 atom stereocenters. The summed E-state index contributed by atoms with van der Waals surface area (Å²) in [6, 6.07) is 11.4. The molecular weight excluding hydrogens is 482 g/mol. The van der Waals surface area contributed by atoms with E-state index in [1.165, 1.54) is 0 Å². The van der Waals surface area contributed by atoms with Crippen molar-refractivity contribution < 1.29 is 8.76 Å². The average Bonchev–Trinajstić information content (AvgIpc) is 3.11. The summed E-state index contributed by atoms with van der Waals surface area (Å²) in [5.74, 6) is 0.967. The molecule has 2 aromatic heterocycles. The van der Waals surface area contributed by atoms with Crippen molar-refractivity contribution >= 4 is 61.2 Å². The number of hydrogen-bond acceptors (Lipinski definition) is 7. The standard InChI is InChI=1S/C20H20BrN7O2S/c1-12-7-14(8-18-15(12)10-23-28(18)2)25-20-22-11-16(21)19(27-20)26-17-6-4-3-5-13(17)9-24-31(29)30/h3-8,10-11,24H,9H2,1-2H3,(H,29,30)(H2,22,25,26,27)/p-1. The zero-order valence-corrected chi connectivity index (χ0v) is 19.1. The number of para-hydroxylation sites is 1. The summed E-state index contributed by atoms with van der Waals surface area (Å²) in [6.07, 6.45) is 3.50. The molecule has 0 radical (unpaired) electrons. The van der Waals surface area contributed by atoms with Crippen molar-refractivity contribution in [2.75, 3.05) is 10.6 Å². The van der Waals surface area contributed by atoms with E-state index in [4.69, 9.17) is 0 Å². The van der Waals surface area contributed by atoms with E-state index in [0.29, 0.717) is 16.2 Å². The first-order chi connectivity index (χ1) is 14.9. The van der Waals surface area contributed by atoms with Gasteiger partial charge in [-0.3, -0.25) is 8.89 Å². The van der Waals surface area contributed by atoms with Gasteiger partial charge in [0.25, 0.3) is 0 Å². The summed E-state index contributed by atoms with van der Waals surface area (Å²) in [5, 5.41) is 11.9. The molecule has 2 heterocycles. The van der Waals surface area contributed by atoms with Crippen LogP contribution in [0.2, 0.25) is 0 Å². The van der Waals surface area contributed by atoms with Gasteiger partial charge in [-0.2, -0.15) is 10.1 Å². The smallest absolute Gasteiger partial charge is 0.229 e. The Balaban J connectivity index is 1.60. The second kappa shape index (κ2) is 9.10. The van der Waals surface area contributed by atoms with E-state index < -0.39 is 11.3 Å². The Morgan fingerprint density at radius 1 is 1.19 bits per heavy atom. The van der Waals surface area contributed by atoms with E-state index in [0.717, 1.165) is 33.4 Å². The maximum atomic E-state index is 10.9. The first-order valence-corrected chi connectivity index (χ1v) is 11.2. The van der Waals surface area contributed by atoms with Gasteiger partial charge in [-0.25, -0.2) is 9.71 Å². The molecule has 160 valence electrons. The third-order valence-electron chi connectivity index (χ3n) is 4.72. The monoisotopic (exact) mass is 500 g/mol. The van der Waals surface area contributed by atoms with Crippen molar-refractivity contribution in [1.29, 1.82) is 0 Å². The number of aryl methyl sites for hydroxylation is 2. The Kier molecular flexibility index (Phi) is 6.28. The van der Waals surface area contributed by atoms with Gasteiger partial charge in [0.15, 0.2) is 0 Å². The molecule has 0 bridgehead atoms. The van der Waals surface area contributed by atoms with Gasteiger partial charge in [0, 0.05) is 47.8 Å². The molecule has 9 nitrogen and oxygen atoms in total. The molecule has 3 N–H and O–H groups in total. The third kappa shape index (κ3) is 4.90. The Morgan fingerprint density at radius 2 is 2.00 bits per heavy atom. The van der Waals surface area contributed by atoms with Crippen molar-refractivity contribution in [2.24, 2.45) is 7.05 Å². The average molecular weight is 501 g/mol. The zero-order chi connectivity index (χ0) is 22.0. The van der Waals surface area contributed by atoms with Crippen LogP contribution in [0.5, 0.6) is 0 Å². The summed E-state index contributed by atoms with van der Waals surface area (Å²) in [5.41, 5.74) is 4.47. The highest BCUT2D eigenvalue weighted by molar-refractivity contribution is 9.10. The van der Waals surface area contributed by atoms with Crippen molar-refractivity contribution in [2.45, 2.75) is 13.5 Å². The van der Waals surface area contributed by atoms with Crippen LogP contribution >= 0.6 is 15.9 Å². The first-order valence-electron chi connectivity index (χ1n) is 9.30. The fourth-order valence-corrected chi connectivity index (χ4v) is 3.76. The highest BCUT2D eigenvalue weighted by Gasteiger charge is 2.10. The van der Waals surface area contributed by atoms with Crippen LogP contribution in [0.3, 0.4) is 0 Å². The minimum Gasteiger partial charge on any atom is -0.760 e. The number of rotatable bonds is 7. The number of fused-ring (bicyclic) bond motifs is 1. The molecular formula is C20H19BrN7O2S-. The molecule has 0 fully saturated rings. The molecule has 1 unspecified atom stereocenters. The molecule has 0 aliphatic rings. The lowest BCUT2D eigenvalue weighted by atomic mass is 10.1. The number of halogens is 1. The minimum absolute atomic E-state index is 0.164. The number of hydrogen-bond donors (Lipinski definition) is 3. The van der Waals surface area contributed by atoms with E-state index in [1.807, 2.05) is 61.2 Å². The number of nitrogens with one attached hydrogen (secondary N) is 3. The molecule has 4 rings (SSSR count). The number of aromatic nitrogens is 4. The zero-order valence-electron chi connectivity index (χ0n) is 16.7. The van der Waals surface area contributed by atoms with Crippen LogP contribution in [0.1, 0.15) is 11.1 Å². The Bertz CT molecular complexity index is 1280. The Morgan fingerprint density at radius 3 is 2.81 bits per heavy atom. The van der Waals surface area contributed by atoms with Crippen LogP contribution in [0.25, 0.3) is 10.9 Å². The second-order valence-electron chi connectivity index (χ2n) is 6.85. The van der Waals surface area contributed by atoms with Gasteiger partial charge in [0.05, 0.1) is 16.2 Å². The van der Waals surface area contributed by atoms with Crippen molar-refractivity contribution in [3.05, 3.63) is 64.4 Å². The molecule has 0 spiro atoms. The van der Waals surface area contributed by atoms with Gasteiger partial charge in [-0.1, -0.05) is 18.2 Å². The van der Waals surface area contributed by atoms with Crippen LogP contribution < -0.4 is 15.4 Å². The molecule has 0 saturated carbocycles. The van der Waals surface area contributed by atoms with Crippen LogP contribution in [0, 0.1) is 6.92 Å². The molecule has 0 amide bonds. The van der Waals surface area contributed by atoms with Crippen molar-refractivity contribution in [3.63, 3.8) is 0 Å². The largest absolute Gasteiger partial charge is 0.760 e. The first kappa shape index (κ1) is 21.4. The lowest BCUT2D eigenvalue weighted by Gasteiger charge is -2.15. The van der Waals surface area contributed by atoms with Gasteiger partial charge in [0.2, 0.25) is 5.95 Å². The minimum atomic E-state index is -2.34. The molecule has 11 heteroatoms. The van der Waals surface area contributed by atoms with Crippen LogP contribution in [0.4, 0.5) is 23.1 Å². The Labute approximate surface area is 189 Å². The predicted octanol–water partition coefficient (Wildman–Crippen LogP) is 3.81. The summed E-state index contributed by atoms with van der Waals surface area (Å²) in [4.78, 5) is 8.93. The van der Waals surface area contributed by atoms with E-state index >= 15 is 0 Å². The summed E-state index contributed by atoms with van der Waals surface area (Å²) < 4.78 is 26.6. The number of benzene rings is 2. The maximum absolute atomic E-state index is 10.9. The topological polar surface area (TPSA) is 120 Å². The molecule has 2 aromatic carbocycles. The van der Waals surface area contributed by atoms with E-state index in [9.17, 15) is 8.76 Å². The molecule has 0 saturated heterocycles. The predicted molar refractivity (Wildman–Crippen MR) is 124 cm³/mol. The van der Waals surface area contributed by atoms with Crippen molar-refractivity contribution in [1.82, 2.24) is 24.5 Å². The van der Waals surface area contributed by atoms with Gasteiger partial charge in [-0.15, -0.1) is 0 Å². The van der Waals surface area contributed by atoms with Crippen LogP contribution in [-0.4, -0.2) is 28.5 Å². The van der Waals surface area contributed by atoms with Gasteiger partial charge >= 0.3 is 0 Å². The lowest BCUT2D eigenvalue weighted by molar-refractivity contribution is 0.522. The quantitative estimate of drug-likeness (QED) is 0.330. The fraction of sp³-hybridized carbons (Fsp3) is 0.150. The second-order valence-corrected chi connectivity index (χ2v) is 8.46. The maximum Gasteiger partial charge on any atom is 0.229 e. The summed E-state index contributed by atoms with van der Waals surface area (Å²) in [6.45, 7) is 2.20. The van der Waals surface area contributed by atoms with E-state index in [-0.39, 0.29) is 6.54 Å². The lowest BCUT2D eigenvalue weighted by Crippen LogP contribution is -2.16. The highest BCUT2D eigenvalue weighted by Crippen LogP contribution is 2.28. The summed E-state index contributed by atoms with van der Waals surface area (Å²) in [7, 11) is 1.90. The Hall–Kier alpha value is -2.86. The van der Waals surface area contributed by atoms with Gasteiger partial charge in [-0.05, 0) is 52.2 Å². The van der Waals surface area contributed by atoms with E-state index in [2.05, 4.69) is 46.4 Å². The molecule has 31 heavy (non-hydrogen) atoms. The normalized spacial score (nSPS) is 12.1. The SMILES string of the molecule is Cc1cc(Nc2ncc(Br)c(Nc3ccccc3CNS(=O)[O-])n2)cc2c1cnn2C. The molecule has 0 aliphatic carbocycles. The third-order valence-corrected chi connectivity index (χ3v) is 5.69. The van der Waals surface area contributed by atoms with Crippen LogP contribution in [-0.2, 0) is 24.9 Å². The van der Waals surface area contributed by atoms with Gasteiger partial charge in [0.1, 0.15) is 5.82 Å². The number of nitrogens with zero attached hydrogens (tertiary/aromatic N) is 4. The highest BCUT2D eigenvalue weighted by atomic mass is 79.9. The number of anilines is 4. The fourth-order valence-electron chi connectivity index (χ4n) is 3.20. The van der Waals surface area contributed by atoms with E-state index in [1.54, 1.807) is 6.20 Å². The van der Waals surface area contributed by atoms with Crippen molar-refractivity contribution in [3.8, 4) is 0 Å². The summed E-state index contributed by atoms with van der Waals surface area (Å²) >= 11 is 1.13. The van der Waals surface area contributed by atoms with Gasteiger partial charge < -0.3 is 15.2 Å². The van der Waals surface area contributed by atoms with Crippen LogP contribution in [0.15, 0.2) is 53.3 Å². The molecule has 0 aliphatic heterocycles.